The van der Waals surface area contributed by atoms with Gasteiger partial charge >= 0.3 is 0 Å². The van der Waals surface area contributed by atoms with Crippen LogP contribution in [0.25, 0.3) is 10.8 Å². The van der Waals surface area contributed by atoms with Gasteiger partial charge in [-0.05, 0) is 36.4 Å². The molecule has 7 heteroatoms. The van der Waals surface area contributed by atoms with Crippen LogP contribution in [-0.4, -0.2) is 19.3 Å². The first kappa shape index (κ1) is 18.6. The van der Waals surface area contributed by atoms with E-state index in [1.54, 1.807) is 72.9 Å². The highest BCUT2D eigenvalue weighted by atomic mass is 32.2. The highest BCUT2D eigenvalue weighted by molar-refractivity contribution is 7.93. The van der Waals surface area contributed by atoms with Crippen molar-refractivity contribution in [3.05, 3.63) is 96.8 Å². The van der Waals surface area contributed by atoms with Crippen LogP contribution in [0.1, 0.15) is 10.4 Å². The number of hydrogen-bond donors (Lipinski definition) is 2. The summed E-state index contributed by atoms with van der Waals surface area (Å²) in [6, 6.07) is 22.2. The highest BCUT2D eigenvalue weighted by Crippen LogP contribution is 2.30. The van der Waals surface area contributed by atoms with Gasteiger partial charge in [-0.3, -0.25) is 14.5 Å². The van der Waals surface area contributed by atoms with Gasteiger partial charge in [-0.25, -0.2) is 8.42 Å². The molecule has 29 heavy (non-hydrogen) atoms. The lowest BCUT2D eigenvalue weighted by molar-refractivity contribution is 0.102. The van der Waals surface area contributed by atoms with E-state index in [0.717, 1.165) is 0 Å². The van der Waals surface area contributed by atoms with E-state index < -0.39 is 10.0 Å². The van der Waals surface area contributed by atoms with Crippen molar-refractivity contribution < 1.29 is 13.2 Å². The Bertz CT molecular complexity index is 1270. The predicted octanol–water partition coefficient (Wildman–Crippen LogP) is 4.29. The van der Waals surface area contributed by atoms with Crippen LogP contribution in [0.15, 0.2) is 96.2 Å². The molecular weight excluding hydrogens is 386 g/mol. The van der Waals surface area contributed by atoms with Gasteiger partial charge in [-0.2, -0.15) is 0 Å². The zero-order valence-corrected chi connectivity index (χ0v) is 16.1. The summed E-state index contributed by atoms with van der Waals surface area (Å²) in [5.74, 6) is -0.264. The Balaban J connectivity index is 1.73. The van der Waals surface area contributed by atoms with Crippen LogP contribution < -0.4 is 10.0 Å². The number of pyridine rings is 1. The Hall–Kier alpha value is -3.71. The normalized spacial score (nSPS) is 11.2. The predicted molar refractivity (Wildman–Crippen MR) is 113 cm³/mol. The lowest BCUT2D eigenvalue weighted by atomic mass is 10.1. The van der Waals surface area contributed by atoms with Crippen LogP contribution in [0.3, 0.4) is 0 Å². The highest BCUT2D eigenvalue weighted by Gasteiger charge is 2.19. The summed E-state index contributed by atoms with van der Waals surface area (Å²) in [6.45, 7) is 0. The minimum atomic E-state index is -3.84. The molecule has 0 spiro atoms. The monoisotopic (exact) mass is 403 g/mol. The molecule has 6 nitrogen and oxygen atoms in total. The Morgan fingerprint density at radius 3 is 2.24 bits per heavy atom. The molecule has 0 saturated carbocycles. The van der Waals surface area contributed by atoms with E-state index in [0.29, 0.717) is 27.7 Å². The molecular formula is C22H17N3O3S. The van der Waals surface area contributed by atoms with Crippen molar-refractivity contribution in [1.82, 2.24) is 4.98 Å². The smallest absolute Gasteiger partial charge is 0.262 e. The molecule has 0 fully saturated rings. The second-order valence-corrected chi connectivity index (χ2v) is 7.98. The zero-order valence-electron chi connectivity index (χ0n) is 15.2. The molecule has 0 atom stereocenters. The van der Waals surface area contributed by atoms with Gasteiger partial charge < -0.3 is 5.32 Å². The number of carbonyl (C=O) groups excluding carboxylic acids is 1. The minimum absolute atomic E-state index is 0.120. The molecule has 0 aliphatic heterocycles. The molecule has 0 unspecified atom stereocenters. The molecule has 0 bridgehead atoms. The molecule has 1 heterocycles. The van der Waals surface area contributed by atoms with Gasteiger partial charge in [0.15, 0.2) is 0 Å². The van der Waals surface area contributed by atoms with Crippen molar-refractivity contribution in [2.75, 3.05) is 10.0 Å². The van der Waals surface area contributed by atoms with Crippen molar-refractivity contribution in [2.24, 2.45) is 0 Å². The number of anilines is 2. The molecule has 1 amide bonds. The number of fused-ring (bicyclic) bond motifs is 1. The molecule has 1 aromatic heterocycles. The van der Waals surface area contributed by atoms with E-state index in [9.17, 15) is 13.2 Å². The van der Waals surface area contributed by atoms with Gasteiger partial charge in [0, 0.05) is 28.2 Å². The maximum Gasteiger partial charge on any atom is 0.262 e. The molecule has 0 aliphatic rings. The SMILES string of the molecule is O=C(Nc1ccc(S(=O)(=O)Nc2cccnc2)c2ccccc12)c1ccccc1. The second kappa shape index (κ2) is 7.73. The summed E-state index contributed by atoms with van der Waals surface area (Å²) in [5, 5.41) is 4.00. The Labute approximate surface area is 168 Å². The first-order chi connectivity index (χ1) is 14.0. The zero-order chi connectivity index (χ0) is 20.3. The summed E-state index contributed by atoms with van der Waals surface area (Å²) >= 11 is 0. The van der Waals surface area contributed by atoms with Gasteiger partial charge in [0.2, 0.25) is 0 Å². The number of hydrogen-bond acceptors (Lipinski definition) is 4. The molecule has 4 rings (SSSR count). The van der Waals surface area contributed by atoms with Crippen LogP contribution in [-0.2, 0) is 10.0 Å². The van der Waals surface area contributed by atoms with E-state index in [1.807, 2.05) is 6.07 Å². The van der Waals surface area contributed by atoms with Gasteiger partial charge in [-0.15, -0.1) is 0 Å². The van der Waals surface area contributed by atoms with E-state index in [4.69, 9.17) is 0 Å². The first-order valence-corrected chi connectivity index (χ1v) is 10.3. The molecule has 2 N–H and O–H groups in total. The van der Waals surface area contributed by atoms with Crippen LogP contribution >= 0.6 is 0 Å². The number of carbonyl (C=O) groups is 1. The number of nitrogens with zero attached hydrogens (tertiary/aromatic N) is 1. The average molecular weight is 403 g/mol. The molecule has 144 valence electrons. The fourth-order valence-electron chi connectivity index (χ4n) is 3.03. The Kier molecular flexibility index (Phi) is 4.97. The van der Waals surface area contributed by atoms with Crippen LogP contribution in [0.2, 0.25) is 0 Å². The van der Waals surface area contributed by atoms with Gasteiger partial charge in [-0.1, -0.05) is 42.5 Å². The number of rotatable bonds is 5. The topological polar surface area (TPSA) is 88.2 Å². The third-order valence-corrected chi connectivity index (χ3v) is 5.81. The van der Waals surface area contributed by atoms with Crippen molar-refractivity contribution in [1.29, 1.82) is 0 Å². The molecule has 4 aromatic rings. The largest absolute Gasteiger partial charge is 0.321 e. The maximum atomic E-state index is 12.9. The molecule has 3 aromatic carbocycles. The molecule has 0 aliphatic carbocycles. The second-order valence-electron chi connectivity index (χ2n) is 6.32. The fraction of sp³-hybridized carbons (Fsp3) is 0. The summed E-state index contributed by atoms with van der Waals surface area (Å²) in [4.78, 5) is 16.6. The van der Waals surface area contributed by atoms with Gasteiger partial charge in [0.25, 0.3) is 15.9 Å². The standard InChI is InChI=1S/C22H17N3O3S/c26-22(16-7-2-1-3-8-16)24-20-12-13-21(19-11-5-4-10-18(19)20)29(27,28)25-17-9-6-14-23-15-17/h1-15,25H,(H,24,26). The number of aromatic nitrogens is 1. The molecule has 0 radical (unpaired) electrons. The summed E-state index contributed by atoms with van der Waals surface area (Å²) < 4.78 is 28.4. The third-order valence-electron chi connectivity index (χ3n) is 4.37. The quantitative estimate of drug-likeness (QED) is 0.520. The lowest BCUT2D eigenvalue weighted by Gasteiger charge is -2.14. The van der Waals surface area contributed by atoms with E-state index in [2.05, 4.69) is 15.0 Å². The van der Waals surface area contributed by atoms with Gasteiger partial charge in [0.1, 0.15) is 0 Å². The average Bonchev–Trinajstić information content (AvgIpc) is 2.75. The lowest BCUT2D eigenvalue weighted by Crippen LogP contribution is -2.15. The van der Waals surface area contributed by atoms with Crippen molar-refractivity contribution in [2.45, 2.75) is 4.90 Å². The summed E-state index contributed by atoms with van der Waals surface area (Å²) in [5.41, 5.74) is 1.43. The molecule has 0 saturated heterocycles. The maximum absolute atomic E-state index is 12.9. The van der Waals surface area contributed by atoms with Crippen molar-refractivity contribution >= 4 is 38.1 Å². The number of benzene rings is 3. The van der Waals surface area contributed by atoms with E-state index in [-0.39, 0.29) is 10.8 Å². The van der Waals surface area contributed by atoms with Crippen LogP contribution in [0, 0.1) is 0 Å². The van der Waals surface area contributed by atoms with E-state index >= 15 is 0 Å². The third kappa shape index (κ3) is 3.95. The van der Waals surface area contributed by atoms with Crippen molar-refractivity contribution in [3.8, 4) is 0 Å². The summed E-state index contributed by atoms with van der Waals surface area (Å²) in [7, 11) is -3.84. The Morgan fingerprint density at radius 1 is 0.793 bits per heavy atom. The fourth-order valence-corrected chi connectivity index (χ4v) is 4.29. The van der Waals surface area contributed by atoms with Gasteiger partial charge in [0.05, 0.1) is 16.8 Å². The van der Waals surface area contributed by atoms with E-state index in [1.165, 1.54) is 12.3 Å². The number of sulfonamides is 1. The van der Waals surface area contributed by atoms with Crippen LogP contribution in [0.4, 0.5) is 11.4 Å². The number of nitrogens with one attached hydrogen (secondary N) is 2. The first-order valence-electron chi connectivity index (χ1n) is 8.85. The Morgan fingerprint density at radius 2 is 1.52 bits per heavy atom. The van der Waals surface area contributed by atoms with Crippen molar-refractivity contribution in [3.63, 3.8) is 0 Å². The summed E-state index contributed by atoms with van der Waals surface area (Å²) in [6.07, 6.45) is 3.01. The minimum Gasteiger partial charge on any atom is -0.321 e. The number of amides is 1. The van der Waals surface area contributed by atoms with Crippen LogP contribution in [0.5, 0.6) is 0 Å².